The molecule has 0 unspecified atom stereocenters. The lowest BCUT2D eigenvalue weighted by Crippen LogP contribution is -2.28. The van der Waals surface area contributed by atoms with Crippen LogP contribution in [0, 0.1) is 0 Å². The Balaban J connectivity index is 2.11. The van der Waals surface area contributed by atoms with E-state index in [1.54, 1.807) is 31.3 Å². The molecule has 1 aromatic rings. The first-order chi connectivity index (χ1) is 8.91. The van der Waals surface area contributed by atoms with Crippen molar-refractivity contribution < 1.29 is 18.3 Å². The van der Waals surface area contributed by atoms with E-state index in [0.29, 0.717) is 6.42 Å². The summed E-state index contributed by atoms with van der Waals surface area (Å²) in [6.45, 7) is 0. The number of aryl methyl sites for hydroxylation is 1. The van der Waals surface area contributed by atoms with Crippen molar-refractivity contribution in [1.82, 2.24) is 4.31 Å². The van der Waals surface area contributed by atoms with E-state index in [0.717, 1.165) is 18.4 Å². The Hall–Kier alpha value is -1.40. The van der Waals surface area contributed by atoms with Gasteiger partial charge in [-0.25, -0.2) is 8.42 Å². The monoisotopic (exact) mass is 283 g/mol. The van der Waals surface area contributed by atoms with E-state index in [2.05, 4.69) is 0 Å². The van der Waals surface area contributed by atoms with Crippen molar-refractivity contribution >= 4 is 16.0 Å². The van der Waals surface area contributed by atoms with Gasteiger partial charge in [-0.05, 0) is 37.0 Å². The van der Waals surface area contributed by atoms with E-state index in [1.165, 1.54) is 4.31 Å². The van der Waals surface area contributed by atoms with Gasteiger partial charge in [-0.15, -0.1) is 0 Å². The third-order valence-electron chi connectivity index (χ3n) is 3.29. The SMILES string of the molecule is CN(C1CC1)S(=O)(=O)c1ccc(CCC(=O)O)cc1. The van der Waals surface area contributed by atoms with Gasteiger partial charge in [0.1, 0.15) is 0 Å². The molecule has 0 atom stereocenters. The molecule has 0 saturated heterocycles. The van der Waals surface area contributed by atoms with Gasteiger partial charge < -0.3 is 5.11 Å². The fourth-order valence-corrected chi connectivity index (χ4v) is 3.30. The number of rotatable bonds is 6. The minimum absolute atomic E-state index is 0.0497. The summed E-state index contributed by atoms with van der Waals surface area (Å²) in [5, 5.41) is 8.60. The fourth-order valence-electron chi connectivity index (χ4n) is 1.88. The van der Waals surface area contributed by atoms with Gasteiger partial charge in [0.2, 0.25) is 10.0 Å². The number of carboxylic acids is 1. The lowest BCUT2D eigenvalue weighted by molar-refractivity contribution is -0.136. The van der Waals surface area contributed by atoms with E-state index in [4.69, 9.17) is 5.11 Å². The molecule has 104 valence electrons. The predicted octanol–water partition coefficient (Wildman–Crippen LogP) is 1.49. The van der Waals surface area contributed by atoms with Crippen LogP contribution < -0.4 is 0 Å². The van der Waals surface area contributed by atoms with Crippen LogP contribution in [-0.4, -0.2) is 36.9 Å². The number of hydrogen-bond donors (Lipinski definition) is 1. The van der Waals surface area contributed by atoms with Gasteiger partial charge in [-0.3, -0.25) is 4.79 Å². The van der Waals surface area contributed by atoms with Crippen LogP contribution in [0.5, 0.6) is 0 Å². The molecule has 0 aromatic heterocycles. The second-order valence-corrected chi connectivity index (χ2v) is 6.79. The van der Waals surface area contributed by atoms with Crippen LogP contribution >= 0.6 is 0 Å². The third-order valence-corrected chi connectivity index (χ3v) is 5.21. The molecule has 5 nitrogen and oxygen atoms in total. The van der Waals surface area contributed by atoms with Crippen LogP contribution in [0.25, 0.3) is 0 Å². The number of carboxylic acid groups (broad SMARTS) is 1. The van der Waals surface area contributed by atoms with Crippen LogP contribution in [0.15, 0.2) is 29.2 Å². The molecule has 0 heterocycles. The highest BCUT2D eigenvalue weighted by molar-refractivity contribution is 7.89. The van der Waals surface area contributed by atoms with E-state index in [9.17, 15) is 13.2 Å². The Kier molecular flexibility index (Phi) is 3.91. The van der Waals surface area contributed by atoms with Crippen LogP contribution in [0.2, 0.25) is 0 Å². The van der Waals surface area contributed by atoms with Crippen molar-refractivity contribution in [2.45, 2.75) is 36.6 Å². The Morgan fingerprint density at radius 2 is 1.89 bits per heavy atom. The summed E-state index contributed by atoms with van der Waals surface area (Å²) in [6, 6.07) is 6.58. The van der Waals surface area contributed by atoms with E-state index < -0.39 is 16.0 Å². The summed E-state index contributed by atoms with van der Waals surface area (Å²) in [5.74, 6) is -0.856. The Morgan fingerprint density at radius 3 is 2.37 bits per heavy atom. The molecule has 1 N–H and O–H groups in total. The minimum atomic E-state index is -3.41. The number of benzene rings is 1. The lowest BCUT2D eigenvalue weighted by Gasteiger charge is -2.16. The van der Waals surface area contributed by atoms with Gasteiger partial charge in [-0.2, -0.15) is 4.31 Å². The highest BCUT2D eigenvalue weighted by Crippen LogP contribution is 2.30. The van der Waals surface area contributed by atoms with Crippen molar-refractivity contribution in [3.63, 3.8) is 0 Å². The van der Waals surface area contributed by atoms with Crippen molar-refractivity contribution in [1.29, 1.82) is 0 Å². The second kappa shape index (κ2) is 5.30. The van der Waals surface area contributed by atoms with Crippen LogP contribution in [0.4, 0.5) is 0 Å². The zero-order chi connectivity index (χ0) is 14.0. The molecule has 2 rings (SSSR count). The number of aliphatic carboxylic acids is 1. The average Bonchev–Trinajstić information content (AvgIpc) is 3.20. The summed E-state index contributed by atoms with van der Waals surface area (Å²) in [5.41, 5.74) is 0.829. The Morgan fingerprint density at radius 1 is 1.32 bits per heavy atom. The van der Waals surface area contributed by atoms with Crippen LogP contribution in [-0.2, 0) is 21.2 Å². The smallest absolute Gasteiger partial charge is 0.303 e. The van der Waals surface area contributed by atoms with E-state index >= 15 is 0 Å². The third kappa shape index (κ3) is 3.33. The molecule has 1 aromatic carbocycles. The quantitative estimate of drug-likeness (QED) is 0.858. The molecule has 6 heteroatoms. The maximum atomic E-state index is 12.2. The summed E-state index contributed by atoms with van der Waals surface area (Å²) in [7, 11) is -1.80. The standard InChI is InChI=1S/C13H17NO4S/c1-14(11-5-6-11)19(17,18)12-7-2-10(3-8-12)4-9-13(15)16/h2-3,7-8,11H,4-6,9H2,1H3,(H,15,16). The summed E-state index contributed by atoms with van der Waals surface area (Å²) in [4.78, 5) is 10.7. The minimum Gasteiger partial charge on any atom is -0.481 e. The molecule has 1 aliphatic carbocycles. The van der Waals surface area contributed by atoms with Gasteiger partial charge in [0.05, 0.1) is 4.90 Å². The van der Waals surface area contributed by atoms with Gasteiger partial charge in [0.25, 0.3) is 0 Å². The Bertz CT molecular complexity index is 561. The van der Waals surface area contributed by atoms with Crippen molar-refractivity contribution in [3.8, 4) is 0 Å². The van der Waals surface area contributed by atoms with Crippen molar-refractivity contribution in [3.05, 3.63) is 29.8 Å². The molecule has 19 heavy (non-hydrogen) atoms. The molecule has 1 aliphatic rings. The second-order valence-electron chi connectivity index (χ2n) is 4.79. The largest absolute Gasteiger partial charge is 0.481 e. The summed E-state index contributed by atoms with van der Waals surface area (Å²) >= 11 is 0. The van der Waals surface area contributed by atoms with Gasteiger partial charge in [0.15, 0.2) is 0 Å². The van der Waals surface area contributed by atoms with Crippen molar-refractivity contribution in [2.24, 2.45) is 0 Å². The van der Waals surface area contributed by atoms with Crippen molar-refractivity contribution in [2.75, 3.05) is 7.05 Å². The first kappa shape index (κ1) is 14.0. The predicted molar refractivity (Wildman–Crippen MR) is 70.4 cm³/mol. The number of hydrogen-bond acceptors (Lipinski definition) is 3. The molecular weight excluding hydrogens is 266 g/mol. The first-order valence-electron chi connectivity index (χ1n) is 6.20. The van der Waals surface area contributed by atoms with Crippen LogP contribution in [0.1, 0.15) is 24.8 Å². The molecule has 0 radical (unpaired) electrons. The first-order valence-corrected chi connectivity index (χ1v) is 7.64. The zero-order valence-electron chi connectivity index (χ0n) is 10.7. The van der Waals surface area contributed by atoms with E-state index in [1.807, 2.05) is 0 Å². The summed E-state index contributed by atoms with van der Waals surface area (Å²) < 4.78 is 25.9. The summed E-state index contributed by atoms with van der Waals surface area (Å²) in [6.07, 6.45) is 2.31. The maximum Gasteiger partial charge on any atom is 0.303 e. The molecule has 1 fully saturated rings. The number of sulfonamides is 1. The Labute approximate surface area is 112 Å². The fraction of sp³-hybridized carbons (Fsp3) is 0.462. The maximum absolute atomic E-state index is 12.2. The zero-order valence-corrected chi connectivity index (χ0v) is 11.6. The normalized spacial score (nSPS) is 15.7. The number of carbonyl (C=O) groups is 1. The molecule has 0 spiro atoms. The van der Waals surface area contributed by atoms with Gasteiger partial charge in [0, 0.05) is 19.5 Å². The molecule has 0 aliphatic heterocycles. The highest BCUT2D eigenvalue weighted by Gasteiger charge is 2.34. The molecule has 0 amide bonds. The molecular formula is C13H17NO4S. The van der Waals surface area contributed by atoms with Gasteiger partial charge >= 0.3 is 5.97 Å². The molecule has 0 bridgehead atoms. The average molecular weight is 283 g/mol. The number of nitrogens with zero attached hydrogens (tertiary/aromatic N) is 1. The van der Waals surface area contributed by atoms with E-state index in [-0.39, 0.29) is 17.4 Å². The molecule has 1 saturated carbocycles. The highest BCUT2D eigenvalue weighted by atomic mass is 32.2. The lowest BCUT2D eigenvalue weighted by atomic mass is 10.1. The van der Waals surface area contributed by atoms with Gasteiger partial charge in [-0.1, -0.05) is 12.1 Å². The topological polar surface area (TPSA) is 74.7 Å². The van der Waals surface area contributed by atoms with Crippen LogP contribution in [0.3, 0.4) is 0 Å².